The molecule has 136 valence electrons. The third-order valence-electron chi connectivity index (χ3n) is 4.99. The van der Waals surface area contributed by atoms with Crippen molar-refractivity contribution in [3.05, 3.63) is 29.6 Å². The van der Waals surface area contributed by atoms with Crippen LogP contribution in [0, 0.1) is 11.3 Å². The summed E-state index contributed by atoms with van der Waals surface area (Å²) in [6, 6.07) is 1.98. The first-order valence-electron chi connectivity index (χ1n) is 7.91. The van der Waals surface area contributed by atoms with Gasteiger partial charge in [-0.05, 0) is 18.6 Å². The Morgan fingerprint density at radius 2 is 2.20 bits per heavy atom. The Morgan fingerprint density at radius 3 is 2.88 bits per heavy atom. The van der Waals surface area contributed by atoms with Crippen molar-refractivity contribution in [1.29, 1.82) is 0 Å². The van der Waals surface area contributed by atoms with E-state index in [1.165, 1.54) is 11.9 Å². The zero-order valence-corrected chi connectivity index (χ0v) is 13.6. The Hall–Kier alpha value is -2.16. The van der Waals surface area contributed by atoms with Crippen LogP contribution in [0.5, 0.6) is 0 Å². The van der Waals surface area contributed by atoms with Crippen molar-refractivity contribution in [3.8, 4) is 0 Å². The van der Waals surface area contributed by atoms with Crippen LogP contribution in [0.4, 0.5) is 13.2 Å². The molecule has 0 bridgehead atoms. The van der Waals surface area contributed by atoms with E-state index >= 15 is 0 Å². The fraction of sp³-hybridized carbons (Fsp3) is 0.562. The maximum Gasteiger partial charge on any atom is 0.418 e. The maximum atomic E-state index is 13.2. The highest BCUT2D eigenvalue weighted by atomic mass is 19.4. The van der Waals surface area contributed by atoms with Crippen LogP contribution in [0.25, 0.3) is 0 Å². The lowest BCUT2D eigenvalue weighted by Gasteiger charge is -2.36. The minimum atomic E-state index is -4.67. The van der Waals surface area contributed by atoms with Crippen molar-refractivity contribution in [1.82, 2.24) is 15.2 Å². The van der Waals surface area contributed by atoms with Crippen LogP contribution < -0.4 is 5.32 Å². The third kappa shape index (κ3) is 2.97. The zero-order valence-electron chi connectivity index (χ0n) is 13.6. The van der Waals surface area contributed by atoms with Gasteiger partial charge < -0.3 is 15.0 Å². The van der Waals surface area contributed by atoms with Crippen LogP contribution in [0.2, 0.25) is 0 Å². The molecule has 2 amide bonds. The van der Waals surface area contributed by atoms with Crippen molar-refractivity contribution in [3.63, 3.8) is 0 Å². The van der Waals surface area contributed by atoms with Gasteiger partial charge in [-0.25, -0.2) is 0 Å². The number of amides is 2. The maximum absolute atomic E-state index is 13.2. The number of nitrogens with zero attached hydrogens (tertiary/aromatic N) is 2. The van der Waals surface area contributed by atoms with Gasteiger partial charge in [-0.2, -0.15) is 13.2 Å². The van der Waals surface area contributed by atoms with E-state index in [1.54, 1.807) is 0 Å². The van der Waals surface area contributed by atoms with Gasteiger partial charge in [0, 0.05) is 38.9 Å². The topological polar surface area (TPSA) is 71.5 Å². The number of rotatable bonds is 2. The van der Waals surface area contributed by atoms with Crippen molar-refractivity contribution in [2.24, 2.45) is 11.3 Å². The summed E-state index contributed by atoms with van der Waals surface area (Å²) in [5.41, 5.74) is -2.53. The van der Waals surface area contributed by atoms with E-state index in [4.69, 9.17) is 4.74 Å². The number of likely N-dealkylation sites (tertiary alicyclic amines) is 1. The van der Waals surface area contributed by atoms with Crippen LogP contribution in [-0.2, 0) is 15.7 Å². The number of fused-ring (bicyclic) bond motifs is 1. The Kier molecular flexibility index (Phi) is 4.44. The molecule has 2 aliphatic heterocycles. The molecule has 2 saturated heterocycles. The van der Waals surface area contributed by atoms with Gasteiger partial charge in [0.1, 0.15) is 5.69 Å². The summed E-state index contributed by atoms with van der Waals surface area (Å²) < 4.78 is 44.9. The number of pyridine rings is 1. The number of carbonyl (C=O) groups excluding carboxylic acids is 2. The van der Waals surface area contributed by atoms with Crippen LogP contribution in [0.15, 0.2) is 18.3 Å². The van der Waals surface area contributed by atoms with E-state index in [2.05, 4.69) is 10.3 Å². The second kappa shape index (κ2) is 6.29. The van der Waals surface area contributed by atoms with E-state index in [0.717, 1.165) is 18.3 Å². The number of hydrogen-bond acceptors (Lipinski definition) is 4. The molecule has 25 heavy (non-hydrogen) atoms. The molecule has 0 aliphatic carbocycles. The van der Waals surface area contributed by atoms with E-state index in [0.29, 0.717) is 19.6 Å². The highest BCUT2D eigenvalue weighted by Crippen LogP contribution is 2.43. The Bertz CT molecular complexity index is 695. The summed E-state index contributed by atoms with van der Waals surface area (Å²) in [6.07, 6.45) is -3.09. The molecule has 0 saturated carbocycles. The fourth-order valence-electron chi connectivity index (χ4n) is 3.68. The predicted octanol–water partition coefficient (Wildman–Crippen LogP) is 1.33. The van der Waals surface area contributed by atoms with Gasteiger partial charge in [0.2, 0.25) is 5.91 Å². The molecule has 3 rings (SSSR count). The molecule has 0 unspecified atom stereocenters. The second-order valence-corrected chi connectivity index (χ2v) is 6.34. The van der Waals surface area contributed by atoms with Gasteiger partial charge in [-0.1, -0.05) is 0 Å². The predicted molar refractivity (Wildman–Crippen MR) is 80.6 cm³/mol. The molecular weight excluding hydrogens is 339 g/mol. The van der Waals surface area contributed by atoms with Crippen LogP contribution in [0.1, 0.15) is 22.5 Å². The van der Waals surface area contributed by atoms with Crippen molar-refractivity contribution < 1.29 is 27.5 Å². The molecule has 1 aromatic rings. The number of aromatic nitrogens is 1. The molecule has 0 aromatic carbocycles. The van der Waals surface area contributed by atoms with Crippen molar-refractivity contribution in [2.45, 2.75) is 12.6 Å². The van der Waals surface area contributed by atoms with Gasteiger partial charge in [0.05, 0.1) is 17.6 Å². The average molecular weight is 357 g/mol. The summed E-state index contributed by atoms with van der Waals surface area (Å²) in [7, 11) is 1.51. The molecule has 0 radical (unpaired) electrons. The molecule has 1 aromatic heterocycles. The molecule has 9 heteroatoms. The summed E-state index contributed by atoms with van der Waals surface area (Å²) in [4.78, 5) is 30.0. The molecule has 2 aliphatic rings. The van der Waals surface area contributed by atoms with E-state index in [1.807, 2.05) is 0 Å². The lowest BCUT2D eigenvalue weighted by atomic mass is 9.73. The van der Waals surface area contributed by atoms with Gasteiger partial charge in [-0.3, -0.25) is 14.6 Å². The van der Waals surface area contributed by atoms with Crippen LogP contribution in [-0.4, -0.2) is 55.0 Å². The molecule has 3 heterocycles. The number of alkyl halides is 3. The highest BCUT2D eigenvalue weighted by Gasteiger charge is 2.54. The minimum Gasteiger partial charge on any atom is -0.381 e. The van der Waals surface area contributed by atoms with Crippen LogP contribution >= 0.6 is 0 Å². The summed E-state index contributed by atoms with van der Waals surface area (Å²) >= 11 is 0. The first kappa shape index (κ1) is 17.7. The lowest BCUT2D eigenvalue weighted by Crippen LogP contribution is -2.49. The van der Waals surface area contributed by atoms with Gasteiger partial charge in [0.25, 0.3) is 5.91 Å². The largest absolute Gasteiger partial charge is 0.418 e. The monoisotopic (exact) mass is 357 g/mol. The summed E-state index contributed by atoms with van der Waals surface area (Å²) in [5, 5.41) is 2.60. The quantitative estimate of drug-likeness (QED) is 0.867. The highest BCUT2D eigenvalue weighted by molar-refractivity contribution is 5.95. The van der Waals surface area contributed by atoms with Gasteiger partial charge in [-0.15, -0.1) is 0 Å². The third-order valence-corrected chi connectivity index (χ3v) is 4.99. The number of nitrogens with one attached hydrogen (secondary N) is 1. The van der Waals surface area contributed by atoms with Crippen LogP contribution in [0.3, 0.4) is 0 Å². The minimum absolute atomic E-state index is 0.0629. The molecular formula is C16H18F3N3O3. The Balaban J connectivity index is 1.92. The lowest BCUT2D eigenvalue weighted by molar-refractivity contribution is -0.139. The number of ether oxygens (including phenoxy) is 1. The van der Waals surface area contributed by atoms with E-state index in [-0.39, 0.29) is 24.9 Å². The fourth-order valence-corrected chi connectivity index (χ4v) is 3.68. The molecule has 1 N–H and O–H groups in total. The Morgan fingerprint density at radius 1 is 1.44 bits per heavy atom. The number of halogens is 3. The normalized spacial score (nSPS) is 26.2. The smallest absolute Gasteiger partial charge is 0.381 e. The van der Waals surface area contributed by atoms with Gasteiger partial charge in [0.15, 0.2) is 0 Å². The molecule has 2 atom stereocenters. The van der Waals surface area contributed by atoms with Crippen molar-refractivity contribution in [2.75, 3.05) is 33.4 Å². The van der Waals surface area contributed by atoms with Gasteiger partial charge >= 0.3 is 6.18 Å². The number of hydrogen-bond donors (Lipinski definition) is 1. The van der Waals surface area contributed by atoms with Crippen molar-refractivity contribution >= 4 is 11.8 Å². The summed E-state index contributed by atoms with van der Waals surface area (Å²) in [5.74, 6) is -1.28. The first-order chi connectivity index (χ1) is 11.8. The number of carbonyl (C=O) groups is 2. The SMILES string of the molecule is CNC(=O)[C@]12CCOC[C@H]1CN(C(=O)c1ncccc1C(F)(F)F)C2. The molecule has 0 spiro atoms. The molecule has 2 fully saturated rings. The van der Waals surface area contributed by atoms with E-state index in [9.17, 15) is 22.8 Å². The zero-order chi connectivity index (χ0) is 18.2. The second-order valence-electron chi connectivity index (χ2n) is 6.34. The summed E-state index contributed by atoms with van der Waals surface area (Å²) in [6.45, 7) is 0.905. The molecule has 6 nitrogen and oxygen atoms in total. The average Bonchev–Trinajstić information content (AvgIpc) is 3.00. The Labute approximate surface area is 142 Å². The first-order valence-corrected chi connectivity index (χ1v) is 7.91. The standard InChI is InChI=1S/C16H18F3N3O3/c1-20-14(24)15-4-6-25-8-10(15)7-22(9-15)13(23)12-11(16(17,18)19)3-2-5-21-12/h2-3,5,10H,4,6-9H2,1H3,(H,20,24)/t10-,15+/m1/s1. The van der Waals surface area contributed by atoms with E-state index < -0.39 is 28.8 Å².